The summed E-state index contributed by atoms with van der Waals surface area (Å²) in [7, 11) is 3.90. The third kappa shape index (κ3) is 10.1. The number of hydrogen-bond acceptors (Lipinski definition) is 8. The fourth-order valence-electron chi connectivity index (χ4n) is 3.43. The molecule has 0 aliphatic heterocycles. The van der Waals surface area contributed by atoms with Gasteiger partial charge in [-0.1, -0.05) is 30.9 Å². The molecule has 2 amide bonds. The normalized spacial score (nSPS) is 10.6. The van der Waals surface area contributed by atoms with Crippen molar-refractivity contribution in [1.82, 2.24) is 20.2 Å². The van der Waals surface area contributed by atoms with Crippen molar-refractivity contribution < 1.29 is 9.59 Å². The lowest BCUT2D eigenvalue weighted by Crippen LogP contribution is -2.27. The minimum atomic E-state index is -0.481. The van der Waals surface area contributed by atoms with Crippen LogP contribution in [0.2, 0.25) is 0 Å². The molecule has 0 spiro atoms. The van der Waals surface area contributed by atoms with Gasteiger partial charge in [-0.2, -0.15) is 4.98 Å². The van der Waals surface area contributed by atoms with E-state index in [0.29, 0.717) is 36.0 Å². The lowest BCUT2D eigenvalue weighted by Gasteiger charge is -2.10. The van der Waals surface area contributed by atoms with E-state index in [9.17, 15) is 9.59 Å². The summed E-state index contributed by atoms with van der Waals surface area (Å²) in [6.45, 7) is 4.62. The minimum absolute atomic E-state index is 0.111. The molecule has 2 aromatic carbocycles. The van der Waals surface area contributed by atoms with Crippen LogP contribution in [-0.4, -0.2) is 67.0 Å². The average molecular weight is 541 g/mol. The zero-order chi connectivity index (χ0) is 28.7. The molecule has 0 radical (unpaired) electrons. The first-order chi connectivity index (χ1) is 19.3. The summed E-state index contributed by atoms with van der Waals surface area (Å²) in [6.07, 6.45) is 5.98. The second kappa shape index (κ2) is 15.5. The Kier molecular flexibility index (Phi) is 11.5. The lowest BCUT2D eigenvalue weighted by atomic mass is 10.2. The monoisotopic (exact) mass is 540 g/mol. The Morgan fingerprint density at radius 3 is 2.52 bits per heavy atom. The second-order valence-corrected chi connectivity index (χ2v) is 9.16. The van der Waals surface area contributed by atoms with Gasteiger partial charge in [-0.15, -0.1) is 0 Å². The van der Waals surface area contributed by atoms with Crippen molar-refractivity contribution >= 4 is 35.0 Å². The van der Waals surface area contributed by atoms with Crippen LogP contribution in [-0.2, 0) is 4.79 Å². The maximum Gasteiger partial charge on any atom is 0.248 e. The zero-order valence-electron chi connectivity index (χ0n) is 23.1. The van der Waals surface area contributed by atoms with Crippen LogP contribution in [0.5, 0.6) is 0 Å². The predicted octanol–water partition coefficient (Wildman–Crippen LogP) is 3.19. The first kappa shape index (κ1) is 29.7. The molecule has 3 aromatic rings. The number of nitrogens with two attached hydrogens (primary N) is 1. The van der Waals surface area contributed by atoms with Gasteiger partial charge in [0, 0.05) is 54.8 Å². The third-order valence-corrected chi connectivity index (χ3v) is 5.45. The molecule has 0 saturated carbocycles. The van der Waals surface area contributed by atoms with Crippen LogP contribution < -0.4 is 27.0 Å². The van der Waals surface area contributed by atoms with E-state index in [4.69, 9.17) is 5.73 Å². The lowest BCUT2D eigenvalue weighted by molar-refractivity contribution is -0.116. The van der Waals surface area contributed by atoms with Gasteiger partial charge in [0.05, 0.1) is 11.8 Å². The summed E-state index contributed by atoms with van der Waals surface area (Å²) in [5.74, 6) is 6.81. The Bertz CT molecular complexity index is 1370. The number of hydrogen-bond donors (Lipinski definition) is 5. The molecule has 0 saturated heterocycles. The molecule has 0 aliphatic rings. The molecule has 0 atom stereocenters. The number of aromatic nitrogens is 2. The van der Waals surface area contributed by atoms with E-state index < -0.39 is 5.91 Å². The number of carbonyl (C=O) groups excluding carboxylic acids is 2. The number of carbonyl (C=O) groups is 2. The van der Waals surface area contributed by atoms with Gasteiger partial charge in [0.15, 0.2) is 0 Å². The Morgan fingerprint density at radius 2 is 1.80 bits per heavy atom. The topological polar surface area (TPSA) is 137 Å². The molecule has 1 aromatic heterocycles. The third-order valence-electron chi connectivity index (χ3n) is 5.45. The first-order valence-corrected chi connectivity index (χ1v) is 13.1. The summed E-state index contributed by atoms with van der Waals surface area (Å²) < 4.78 is 0. The van der Waals surface area contributed by atoms with Crippen molar-refractivity contribution in [2.45, 2.75) is 13.3 Å². The molecule has 10 heteroatoms. The first-order valence-electron chi connectivity index (χ1n) is 13.1. The van der Waals surface area contributed by atoms with Gasteiger partial charge in [0.25, 0.3) is 0 Å². The van der Waals surface area contributed by atoms with Crippen LogP contribution in [0.3, 0.4) is 0 Å². The van der Waals surface area contributed by atoms with Crippen molar-refractivity contribution in [3.8, 4) is 11.8 Å². The fourth-order valence-corrected chi connectivity index (χ4v) is 3.43. The van der Waals surface area contributed by atoms with Crippen LogP contribution in [0.4, 0.5) is 23.1 Å². The highest BCUT2D eigenvalue weighted by molar-refractivity contribution is 5.93. The molecular weight excluding hydrogens is 504 g/mol. The van der Waals surface area contributed by atoms with Gasteiger partial charge in [-0.3, -0.25) is 9.59 Å². The van der Waals surface area contributed by atoms with Crippen LogP contribution in [0.25, 0.3) is 0 Å². The average Bonchev–Trinajstić information content (AvgIpc) is 2.94. The van der Waals surface area contributed by atoms with E-state index in [1.54, 1.807) is 36.5 Å². The molecule has 1 heterocycles. The van der Waals surface area contributed by atoms with Crippen molar-refractivity contribution in [2.75, 3.05) is 56.2 Å². The van der Waals surface area contributed by atoms with E-state index in [2.05, 4.69) is 50.0 Å². The van der Waals surface area contributed by atoms with Crippen molar-refractivity contribution in [1.29, 1.82) is 0 Å². The number of anilines is 4. The Hall–Kier alpha value is -4.88. The number of amides is 2. The highest BCUT2D eigenvalue weighted by Gasteiger charge is 2.07. The smallest absolute Gasteiger partial charge is 0.248 e. The summed E-state index contributed by atoms with van der Waals surface area (Å²) in [5, 5.41) is 12.6. The molecule has 6 N–H and O–H groups in total. The number of nitrogens with one attached hydrogen (secondary N) is 4. The standard InChI is InChI=1S/C30H36N8O2/c1-4-16-34-29-24(21-35-30(37-29)36-25-14-12-23(13-15-25)28(31)40)11-10-22-7-5-8-26(20-22)32-17-18-33-27(39)9-6-19-38(2)3/h5-9,12-15,20-21,32H,4,16-19H2,1-3H3,(H2,31,40)(H,33,39)(H2,34,35,36,37)/b9-6+. The predicted molar refractivity (Wildman–Crippen MR) is 161 cm³/mol. The maximum atomic E-state index is 11.9. The molecule has 0 bridgehead atoms. The zero-order valence-corrected chi connectivity index (χ0v) is 23.1. The van der Waals surface area contributed by atoms with Gasteiger partial charge in [0.1, 0.15) is 5.82 Å². The van der Waals surface area contributed by atoms with E-state index >= 15 is 0 Å². The summed E-state index contributed by atoms with van der Waals surface area (Å²) >= 11 is 0. The van der Waals surface area contributed by atoms with Gasteiger partial charge < -0.3 is 31.9 Å². The number of nitrogens with zero attached hydrogens (tertiary/aromatic N) is 3. The number of likely N-dealkylation sites (N-methyl/N-ethyl adjacent to an activating group) is 1. The fraction of sp³-hybridized carbons (Fsp3) is 0.267. The maximum absolute atomic E-state index is 11.9. The van der Waals surface area contributed by atoms with Crippen LogP contribution in [0, 0.1) is 11.8 Å². The largest absolute Gasteiger partial charge is 0.383 e. The summed E-state index contributed by atoms with van der Waals surface area (Å²) in [5.41, 5.74) is 8.88. The summed E-state index contributed by atoms with van der Waals surface area (Å²) in [4.78, 5) is 34.1. The van der Waals surface area contributed by atoms with Crippen LogP contribution >= 0.6 is 0 Å². The highest BCUT2D eigenvalue weighted by Crippen LogP contribution is 2.18. The minimum Gasteiger partial charge on any atom is -0.383 e. The van der Waals surface area contributed by atoms with Crippen molar-refractivity contribution in [3.05, 3.63) is 83.6 Å². The van der Waals surface area contributed by atoms with Crippen LogP contribution in [0.15, 0.2) is 66.9 Å². The van der Waals surface area contributed by atoms with Gasteiger partial charge >= 0.3 is 0 Å². The molecule has 0 unspecified atom stereocenters. The van der Waals surface area contributed by atoms with Crippen LogP contribution in [0.1, 0.15) is 34.8 Å². The molecule has 3 rings (SSSR count). The molecule has 10 nitrogen and oxygen atoms in total. The highest BCUT2D eigenvalue weighted by atomic mass is 16.1. The Balaban J connectivity index is 1.63. The molecule has 208 valence electrons. The van der Waals surface area contributed by atoms with Crippen molar-refractivity contribution in [3.63, 3.8) is 0 Å². The van der Waals surface area contributed by atoms with E-state index in [1.165, 1.54) is 0 Å². The molecule has 0 aliphatic carbocycles. The molecular formula is C30H36N8O2. The van der Waals surface area contributed by atoms with Gasteiger partial charge in [-0.05, 0) is 63.0 Å². The quantitative estimate of drug-likeness (QED) is 0.127. The second-order valence-electron chi connectivity index (χ2n) is 9.16. The molecule has 40 heavy (non-hydrogen) atoms. The number of primary amides is 1. The van der Waals surface area contributed by atoms with E-state index in [0.717, 1.165) is 36.4 Å². The van der Waals surface area contributed by atoms with Crippen molar-refractivity contribution in [2.24, 2.45) is 5.73 Å². The Labute approximate surface area is 235 Å². The Morgan fingerprint density at radius 1 is 1.00 bits per heavy atom. The number of benzene rings is 2. The summed E-state index contributed by atoms with van der Waals surface area (Å²) in [6, 6.07) is 14.5. The van der Waals surface area contributed by atoms with E-state index in [1.807, 2.05) is 49.3 Å². The SMILES string of the molecule is CCCNc1nc(Nc2ccc(C(N)=O)cc2)ncc1C#Cc1cccc(NCCNC(=O)/C=C/CN(C)C)c1. The number of rotatable bonds is 13. The molecule has 0 fully saturated rings. The van der Waals surface area contributed by atoms with Gasteiger partial charge in [0.2, 0.25) is 17.8 Å². The van der Waals surface area contributed by atoms with E-state index in [-0.39, 0.29) is 5.91 Å². The van der Waals surface area contributed by atoms with Gasteiger partial charge in [-0.25, -0.2) is 4.98 Å².